The minimum Gasteiger partial charge on any atom is -0.487 e. The summed E-state index contributed by atoms with van der Waals surface area (Å²) in [6.07, 6.45) is 0. The van der Waals surface area contributed by atoms with Crippen LogP contribution in [-0.4, -0.2) is 4.57 Å². The second-order valence-electron chi connectivity index (χ2n) is 4.73. The Balaban J connectivity index is 1.88. The SMILES string of the molecule is Cn1c(COc2cccc(Cl)c2)cc2cccc(N)c21. The largest absolute Gasteiger partial charge is 0.487 e. The molecule has 4 heteroatoms. The first-order chi connectivity index (χ1) is 9.65. The molecule has 0 fully saturated rings. The minimum absolute atomic E-state index is 0.477. The summed E-state index contributed by atoms with van der Waals surface area (Å²) in [5.41, 5.74) is 8.90. The first-order valence-corrected chi connectivity index (χ1v) is 6.74. The van der Waals surface area contributed by atoms with Crippen LogP contribution < -0.4 is 10.5 Å². The van der Waals surface area contributed by atoms with E-state index in [1.165, 1.54) is 0 Å². The number of nitrogen functional groups attached to an aromatic ring is 1. The maximum Gasteiger partial charge on any atom is 0.128 e. The van der Waals surface area contributed by atoms with Crippen molar-refractivity contribution in [1.82, 2.24) is 4.57 Å². The molecule has 0 atom stereocenters. The van der Waals surface area contributed by atoms with E-state index in [2.05, 4.69) is 16.7 Å². The van der Waals surface area contributed by atoms with E-state index in [9.17, 15) is 0 Å². The molecule has 0 saturated carbocycles. The van der Waals surface area contributed by atoms with Gasteiger partial charge in [0.2, 0.25) is 0 Å². The Morgan fingerprint density at radius 3 is 2.70 bits per heavy atom. The van der Waals surface area contributed by atoms with Gasteiger partial charge in [0.05, 0.1) is 16.9 Å². The molecule has 1 heterocycles. The van der Waals surface area contributed by atoms with Crippen molar-refractivity contribution < 1.29 is 4.74 Å². The van der Waals surface area contributed by atoms with E-state index in [1.54, 1.807) is 6.07 Å². The highest BCUT2D eigenvalue weighted by Gasteiger charge is 2.08. The van der Waals surface area contributed by atoms with Gasteiger partial charge in [-0.2, -0.15) is 0 Å². The van der Waals surface area contributed by atoms with Crippen molar-refractivity contribution in [1.29, 1.82) is 0 Å². The Morgan fingerprint density at radius 2 is 1.95 bits per heavy atom. The van der Waals surface area contributed by atoms with Gasteiger partial charge < -0.3 is 15.0 Å². The molecule has 102 valence electrons. The van der Waals surface area contributed by atoms with Crippen LogP contribution in [0.3, 0.4) is 0 Å². The first kappa shape index (κ1) is 12.9. The molecule has 0 aliphatic heterocycles. The molecule has 2 N–H and O–H groups in total. The van der Waals surface area contributed by atoms with Gasteiger partial charge in [-0.1, -0.05) is 29.8 Å². The number of nitrogens with two attached hydrogens (primary N) is 1. The predicted octanol–water partition coefficient (Wildman–Crippen LogP) is 3.99. The van der Waals surface area contributed by atoms with Crippen LogP contribution in [0, 0.1) is 0 Å². The summed E-state index contributed by atoms with van der Waals surface area (Å²) in [6.45, 7) is 0.477. The number of hydrogen-bond acceptors (Lipinski definition) is 2. The van der Waals surface area contributed by atoms with Gasteiger partial charge >= 0.3 is 0 Å². The number of ether oxygens (including phenoxy) is 1. The molecule has 0 amide bonds. The molecule has 3 nitrogen and oxygen atoms in total. The van der Waals surface area contributed by atoms with E-state index in [0.717, 1.165) is 28.0 Å². The zero-order valence-corrected chi connectivity index (χ0v) is 11.9. The molecule has 0 aliphatic rings. The van der Waals surface area contributed by atoms with Crippen LogP contribution in [0.1, 0.15) is 5.69 Å². The molecule has 0 saturated heterocycles. The number of aromatic nitrogens is 1. The van der Waals surface area contributed by atoms with Crippen LogP contribution in [0.5, 0.6) is 5.75 Å². The number of para-hydroxylation sites is 1. The zero-order valence-electron chi connectivity index (χ0n) is 11.1. The maximum atomic E-state index is 6.02. The summed E-state index contributed by atoms with van der Waals surface area (Å²) in [7, 11) is 2.00. The van der Waals surface area contributed by atoms with Crippen molar-refractivity contribution >= 4 is 28.2 Å². The van der Waals surface area contributed by atoms with Gasteiger partial charge in [-0.3, -0.25) is 0 Å². The van der Waals surface area contributed by atoms with Gasteiger partial charge in [-0.15, -0.1) is 0 Å². The Morgan fingerprint density at radius 1 is 1.15 bits per heavy atom. The number of rotatable bonds is 3. The summed E-state index contributed by atoms with van der Waals surface area (Å²) >= 11 is 5.94. The van der Waals surface area contributed by atoms with Crippen molar-refractivity contribution in [2.75, 3.05) is 5.73 Å². The molecular formula is C16H15ClN2O. The summed E-state index contributed by atoms with van der Waals surface area (Å²) in [6, 6.07) is 15.4. The average Bonchev–Trinajstić information content (AvgIpc) is 2.75. The van der Waals surface area contributed by atoms with E-state index in [1.807, 2.05) is 37.4 Å². The van der Waals surface area contributed by atoms with E-state index in [0.29, 0.717) is 11.6 Å². The van der Waals surface area contributed by atoms with E-state index >= 15 is 0 Å². The lowest BCUT2D eigenvalue weighted by Crippen LogP contribution is -2.02. The Hall–Kier alpha value is -2.13. The highest BCUT2D eigenvalue weighted by Crippen LogP contribution is 2.25. The van der Waals surface area contributed by atoms with E-state index < -0.39 is 0 Å². The minimum atomic E-state index is 0.477. The van der Waals surface area contributed by atoms with Crippen molar-refractivity contribution in [3.8, 4) is 5.75 Å². The molecule has 2 aromatic carbocycles. The van der Waals surface area contributed by atoms with E-state index in [-0.39, 0.29) is 0 Å². The highest BCUT2D eigenvalue weighted by atomic mass is 35.5. The standard InChI is InChI=1S/C16H15ClN2O/c1-19-13(8-11-4-2-7-15(18)16(11)19)10-20-14-6-3-5-12(17)9-14/h2-9H,10,18H2,1H3. The number of benzene rings is 2. The van der Waals surface area contributed by atoms with Crippen molar-refractivity contribution in [3.63, 3.8) is 0 Å². The molecule has 20 heavy (non-hydrogen) atoms. The summed E-state index contributed by atoms with van der Waals surface area (Å²) in [5.74, 6) is 0.760. The van der Waals surface area contributed by atoms with Crippen LogP contribution in [0.2, 0.25) is 5.02 Å². The number of anilines is 1. The molecule has 1 aromatic heterocycles. The average molecular weight is 287 g/mol. The predicted molar refractivity (Wildman–Crippen MR) is 83.1 cm³/mol. The van der Waals surface area contributed by atoms with Crippen LogP contribution in [0.15, 0.2) is 48.5 Å². The third-order valence-corrected chi connectivity index (χ3v) is 3.60. The van der Waals surface area contributed by atoms with Gasteiger partial charge in [0.1, 0.15) is 12.4 Å². The smallest absolute Gasteiger partial charge is 0.128 e. The number of nitrogens with zero attached hydrogens (tertiary/aromatic N) is 1. The van der Waals surface area contributed by atoms with Crippen molar-refractivity contribution in [2.45, 2.75) is 6.61 Å². The molecule has 3 aromatic rings. The normalized spacial score (nSPS) is 10.9. The third kappa shape index (κ3) is 2.32. The van der Waals surface area contributed by atoms with Crippen LogP contribution in [0.4, 0.5) is 5.69 Å². The number of hydrogen-bond donors (Lipinski definition) is 1. The quantitative estimate of drug-likeness (QED) is 0.740. The molecule has 0 bridgehead atoms. The summed E-state index contributed by atoms with van der Waals surface area (Å²) in [4.78, 5) is 0. The Kier molecular flexibility index (Phi) is 3.28. The highest BCUT2D eigenvalue weighted by molar-refractivity contribution is 6.30. The summed E-state index contributed by atoms with van der Waals surface area (Å²) in [5, 5.41) is 1.79. The van der Waals surface area contributed by atoms with Crippen LogP contribution in [-0.2, 0) is 13.7 Å². The van der Waals surface area contributed by atoms with Gasteiger partial charge in [0.25, 0.3) is 0 Å². The lowest BCUT2D eigenvalue weighted by molar-refractivity contribution is 0.298. The second kappa shape index (κ2) is 5.10. The number of fused-ring (bicyclic) bond motifs is 1. The monoisotopic (exact) mass is 286 g/mol. The topological polar surface area (TPSA) is 40.2 Å². The van der Waals surface area contributed by atoms with E-state index in [4.69, 9.17) is 22.1 Å². The second-order valence-corrected chi connectivity index (χ2v) is 5.16. The number of halogens is 1. The lowest BCUT2D eigenvalue weighted by Gasteiger charge is -2.08. The molecule has 0 radical (unpaired) electrons. The number of aryl methyl sites for hydroxylation is 1. The van der Waals surface area contributed by atoms with Crippen LogP contribution in [0.25, 0.3) is 10.9 Å². The molecule has 3 rings (SSSR count). The summed E-state index contributed by atoms with van der Waals surface area (Å²) < 4.78 is 7.84. The fraction of sp³-hybridized carbons (Fsp3) is 0.125. The van der Waals surface area contributed by atoms with Crippen molar-refractivity contribution in [2.24, 2.45) is 7.05 Å². The maximum absolute atomic E-state index is 6.02. The molecule has 0 unspecified atom stereocenters. The van der Waals surface area contributed by atoms with Gasteiger partial charge in [-0.05, 0) is 30.3 Å². The molecule has 0 spiro atoms. The van der Waals surface area contributed by atoms with Gasteiger partial charge in [0, 0.05) is 17.5 Å². The molecule has 0 aliphatic carbocycles. The Labute approximate surface area is 122 Å². The fourth-order valence-corrected chi connectivity index (χ4v) is 2.54. The Bertz CT molecular complexity index is 764. The van der Waals surface area contributed by atoms with Crippen molar-refractivity contribution in [3.05, 3.63) is 59.2 Å². The van der Waals surface area contributed by atoms with Crippen LogP contribution >= 0.6 is 11.6 Å². The third-order valence-electron chi connectivity index (χ3n) is 3.37. The van der Waals surface area contributed by atoms with Gasteiger partial charge in [-0.25, -0.2) is 0 Å². The van der Waals surface area contributed by atoms with Gasteiger partial charge in [0.15, 0.2) is 0 Å². The lowest BCUT2D eigenvalue weighted by atomic mass is 10.2. The fourth-order valence-electron chi connectivity index (χ4n) is 2.36. The zero-order chi connectivity index (χ0) is 14.1. The molecular weight excluding hydrogens is 272 g/mol. The first-order valence-electron chi connectivity index (χ1n) is 6.36.